The van der Waals surface area contributed by atoms with Gasteiger partial charge >= 0.3 is 0 Å². The standard InChI is InChI=1S/C24H32O2S/c1-3-5-7-9-11-17-13-23-19(15-21(17)25)20-16-22(26)18(14-24(20)27-23)12-10-8-6-4-2/h13-16,25-26H,3-12H2,1-2H3. The van der Waals surface area contributed by atoms with E-state index in [0.29, 0.717) is 11.5 Å². The molecule has 3 heteroatoms. The molecule has 0 amide bonds. The van der Waals surface area contributed by atoms with E-state index in [9.17, 15) is 10.2 Å². The smallest absolute Gasteiger partial charge is 0.119 e. The second kappa shape index (κ2) is 9.45. The highest BCUT2D eigenvalue weighted by molar-refractivity contribution is 7.25. The molecule has 0 spiro atoms. The zero-order valence-corrected chi connectivity index (χ0v) is 17.5. The molecule has 3 rings (SSSR count). The molecule has 0 aliphatic heterocycles. The van der Waals surface area contributed by atoms with Crippen LogP contribution in [0.4, 0.5) is 0 Å². The van der Waals surface area contributed by atoms with Crippen LogP contribution in [0.2, 0.25) is 0 Å². The van der Waals surface area contributed by atoms with E-state index < -0.39 is 0 Å². The minimum atomic E-state index is 0.391. The maximum atomic E-state index is 10.5. The predicted molar refractivity (Wildman–Crippen MR) is 118 cm³/mol. The Morgan fingerprint density at radius 3 is 1.48 bits per heavy atom. The van der Waals surface area contributed by atoms with E-state index >= 15 is 0 Å². The van der Waals surface area contributed by atoms with E-state index in [2.05, 4.69) is 26.0 Å². The first kappa shape index (κ1) is 20.0. The molecule has 146 valence electrons. The summed E-state index contributed by atoms with van der Waals surface area (Å²) in [5, 5.41) is 23.1. The van der Waals surface area contributed by atoms with Crippen LogP contribution >= 0.6 is 11.3 Å². The van der Waals surface area contributed by atoms with Gasteiger partial charge in [-0.05, 0) is 61.1 Å². The number of rotatable bonds is 10. The molecule has 2 N–H and O–H groups in total. The molecule has 1 aromatic heterocycles. The van der Waals surface area contributed by atoms with E-state index in [-0.39, 0.29) is 0 Å². The molecular weight excluding hydrogens is 352 g/mol. The van der Waals surface area contributed by atoms with Gasteiger partial charge in [-0.1, -0.05) is 52.4 Å². The number of fused-ring (bicyclic) bond motifs is 3. The lowest BCUT2D eigenvalue weighted by atomic mass is 10.0. The summed E-state index contributed by atoms with van der Waals surface area (Å²) < 4.78 is 2.41. The van der Waals surface area contributed by atoms with Gasteiger partial charge in [0.25, 0.3) is 0 Å². The Kier molecular flexibility index (Phi) is 7.01. The third-order valence-corrected chi connectivity index (χ3v) is 6.59. The van der Waals surface area contributed by atoms with Crippen LogP contribution in [0.3, 0.4) is 0 Å². The molecule has 0 fully saturated rings. The number of unbranched alkanes of at least 4 members (excludes halogenated alkanes) is 6. The van der Waals surface area contributed by atoms with Gasteiger partial charge < -0.3 is 10.2 Å². The summed E-state index contributed by atoms with van der Waals surface area (Å²) in [6.07, 6.45) is 11.5. The first-order chi connectivity index (χ1) is 13.1. The first-order valence-corrected chi connectivity index (χ1v) is 11.4. The number of phenols is 2. The van der Waals surface area contributed by atoms with Crippen molar-refractivity contribution in [3.8, 4) is 11.5 Å². The summed E-state index contributed by atoms with van der Waals surface area (Å²) in [6, 6.07) is 8.09. The van der Waals surface area contributed by atoms with Crippen molar-refractivity contribution >= 4 is 31.5 Å². The van der Waals surface area contributed by atoms with Gasteiger partial charge in [0.1, 0.15) is 11.5 Å². The summed E-state index contributed by atoms with van der Waals surface area (Å²) in [5.41, 5.74) is 2.10. The van der Waals surface area contributed by atoms with Gasteiger partial charge in [-0.2, -0.15) is 0 Å². The largest absolute Gasteiger partial charge is 0.508 e. The van der Waals surface area contributed by atoms with Crippen LogP contribution in [0.25, 0.3) is 20.2 Å². The molecule has 0 aliphatic carbocycles. The Bertz CT molecular complexity index is 822. The predicted octanol–water partition coefficient (Wildman–Crippen LogP) is 7.71. The van der Waals surface area contributed by atoms with Crippen molar-refractivity contribution in [1.82, 2.24) is 0 Å². The molecule has 0 radical (unpaired) electrons. The highest BCUT2D eigenvalue weighted by Crippen LogP contribution is 2.40. The van der Waals surface area contributed by atoms with Gasteiger partial charge in [-0.3, -0.25) is 0 Å². The van der Waals surface area contributed by atoms with Gasteiger partial charge in [0.2, 0.25) is 0 Å². The van der Waals surface area contributed by atoms with Gasteiger partial charge in [0.15, 0.2) is 0 Å². The average molecular weight is 385 g/mol. The molecule has 2 aromatic carbocycles. The summed E-state index contributed by atoms with van der Waals surface area (Å²) in [7, 11) is 0. The third-order valence-electron chi connectivity index (χ3n) is 5.47. The van der Waals surface area contributed by atoms with Crippen LogP contribution in [0, 0.1) is 0 Å². The quantitative estimate of drug-likeness (QED) is 0.351. The lowest BCUT2D eigenvalue weighted by molar-refractivity contribution is 0.466. The lowest BCUT2D eigenvalue weighted by Gasteiger charge is -2.06. The summed E-state index contributed by atoms with van der Waals surface area (Å²) in [5.74, 6) is 0.781. The molecule has 27 heavy (non-hydrogen) atoms. The molecule has 0 saturated carbocycles. The highest BCUT2D eigenvalue weighted by atomic mass is 32.1. The minimum absolute atomic E-state index is 0.391. The van der Waals surface area contributed by atoms with Crippen molar-refractivity contribution in [2.75, 3.05) is 0 Å². The Morgan fingerprint density at radius 2 is 1.07 bits per heavy atom. The lowest BCUT2D eigenvalue weighted by Crippen LogP contribution is -1.87. The number of hydrogen-bond acceptors (Lipinski definition) is 3. The van der Waals surface area contributed by atoms with Gasteiger partial charge in [-0.25, -0.2) is 0 Å². The van der Waals surface area contributed by atoms with Crippen molar-refractivity contribution in [1.29, 1.82) is 0 Å². The SMILES string of the molecule is CCCCCCc1cc2sc3cc(CCCCCC)c(O)cc3c2cc1O. The van der Waals surface area contributed by atoms with Crippen LogP contribution in [-0.4, -0.2) is 10.2 Å². The normalized spacial score (nSPS) is 11.6. The maximum Gasteiger partial charge on any atom is 0.119 e. The van der Waals surface area contributed by atoms with Crippen molar-refractivity contribution in [2.45, 2.75) is 78.1 Å². The molecule has 3 aromatic rings. The Labute approximate surface area is 166 Å². The second-order valence-corrected chi connectivity index (χ2v) is 8.76. The van der Waals surface area contributed by atoms with E-state index in [0.717, 1.165) is 47.6 Å². The van der Waals surface area contributed by atoms with Crippen LogP contribution in [0.15, 0.2) is 24.3 Å². The zero-order chi connectivity index (χ0) is 19.2. The van der Waals surface area contributed by atoms with Crippen molar-refractivity contribution in [3.63, 3.8) is 0 Å². The van der Waals surface area contributed by atoms with Crippen LogP contribution in [0.1, 0.15) is 76.3 Å². The van der Waals surface area contributed by atoms with Crippen LogP contribution in [0.5, 0.6) is 11.5 Å². The molecule has 0 atom stereocenters. The number of thiophene rings is 1. The number of benzene rings is 2. The fourth-order valence-electron chi connectivity index (χ4n) is 3.81. The van der Waals surface area contributed by atoms with Gasteiger partial charge in [0.05, 0.1) is 0 Å². The zero-order valence-electron chi connectivity index (χ0n) is 16.7. The van der Waals surface area contributed by atoms with Gasteiger partial charge in [0, 0.05) is 20.2 Å². The van der Waals surface area contributed by atoms with E-state index in [1.807, 2.05) is 12.1 Å². The summed E-state index contributed by atoms with van der Waals surface area (Å²) in [6.45, 7) is 4.43. The maximum absolute atomic E-state index is 10.5. The van der Waals surface area contributed by atoms with E-state index in [1.54, 1.807) is 11.3 Å². The molecule has 0 saturated heterocycles. The highest BCUT2D eigenvalue weighted by Gasteiger charge is 2.13. The Balaban J connectivity index is 1.86. The fourth-order valence-corrected chi connectivity index (χ4v) is 5.01. The van der Waals surface area contributed by atoms with Crippen LogP contribution < -0.4 is 0 Å². The van der Waals surface area contributed by atoms with Crippen molar-refractivity contribution in [2.24, 2.45) is 0 Å². The monoisotopic (exact) mass is 384 g/mol. The molecule has 0 aliphatic rings. The van der Waals surface area contributed by atoms with E-state index in [1.165, 1.54) is 47.9 Å². The Morgan fingerprint density at radius 1 is 0.630 bits per heavy atom. The van der Waals surface area contributed by atoms with Crippen molar-refractivity contribution < 1.29 is 10.2 Å². The average Bonchev–Trinajstić information content (AvgIpc) is 2.98. The summed E-state index contributed by atoms with van der Waals surface area (Å²) >= 11 is 1.77. The molecule has 0 bridgehead atoms. The molecular formula is C24H32O2S. The van der Waals surface area contributed by atoms with Gasteiger partial charge in [-0.15, -0.1) is 11.3 Å². The summed E-state index contributed by atoms with van der Waals surface area (Å²) in [4.78, 5) is 0. The van der Waals surface area contributed by atoms with Crippen molar-refractivity contribution in [3.05, 3.63) is 35.4 Å². The molecule has 2 nitrogen and oxygen atoms in total. The first-order valence-electron chi connectivity index (χ1n) is 10.5. The molecule has 0 unspecified atom stereocenters. The number of hydrogen-bond donors (Lipinski definition) is 2. The topological polar surface area (TPSA) is 40.5 Å². The Hall–Kier alpha value is -1.74. The number of aromatic hydroxyl groups is 2. The number of phenolic OH excluding ortho intramolecular Hbond substituents is 2. The number of aryl methyl sites for hydroxylation is 2. The van der Waals surface area contributed by atoms with E-state index in [4.69, 9.17) is 0 Å². The van der Waals surface area contributed by atoms with Crippen LogP contribution in [-0.2, 0) is 12.8 Å². The third kappa shape index (κ3) is 4.76. The second-order valence-electron chi connectivity index (χ2n) is 7.68. The molecule has 1 heterocycles. The fraction of sp³-hybridized carbons (Fsp3) is 0.500. The minimum Gasteiger partial charge on any atom is -0.508 e.